The van der Waals surface area contributed by atoms with Crippen molar-refractivity contribution < 1.29 is 8.42 Å². The lowest BCUT2D eigenvalue weighted by molar-refractivity contribution is 0.251. The molecule has 1 aromatic carbocycles. The van der Waals surface area contributed by atoms with Gasteiger partial charge in [-0.15, -0.1) is 0 Å². The molecule has 3 aromatic heterocycles. The smallest absolute Gasteiger partial charge is 0.211 e. The number of rotatable bonds is 7. The Labute approximate surface area is 210 Å². The van der Waals surface area contributed by atoms with Gasteiger partial charge in [0.2, 0.25) is 10.0 Å². The zero-order chi connectivity index (χ0) is 25.6. The highest BCUT2D eigenvalue weighted by Crippen LogP contribution is 2.38. The number of aromatic nitrogens is 5. The van der Waals surface area contributed by atoms with E-state index < -0.39 is 10.0 Å². The second-order valence-electron chi connectivity index (χ2n) is 9.56. The summed E-state index contributed by atoms with van der Waals surface area (Å²) in [4.78, 5) is 15.8. The average molecular weight is 507 g/mol. The van der Waals surface area contributed by atoms with Crippen molar-refractivity contribution in [1.29, 1.82) is 0 Å². The third-order valence-corrected chi connectivity index (χ3v) is 8.25. The van der Waals surface area contributed by atoms with Gasteiger partial charge in [0.05, 0.1) is 24.1 Å². The van der Waals surface area contributed by atoms with Gasteiger partial charge in [0.25, 0.3) is 0 Å². The average Bonchev–Trinajstić information content (AvgIpc) is 3.37. The van der Waals surface area contributed by atoms with E-state index in [4.69, 9.17) is 4.98 Å². The first-order valence-electron chi connectivity index (χ1n) is 11.8. The quantitative estimate of drug-likeness (QED) is 0.389. The van der Waals surface area contributed by atoms with Crippen LogP contribution in [0.4, 0.5) is 17.3 Å². The molecule has 1 aliphatic heterocycles. The molecule has 4 aromatic rings. The van der Waals surface area contributed by atoms with Crippen molar-refractivity contribution in [1.82, 2.24) is 29.5 Å². The van der Waals surface area contributed by atoms with Crippen molar-refractivity contribution in [2.24, 2.45) is 0 Å². The summed E-state index contributed by atoms with van der Waals surface area (Å²) in [5.74, 6) is 2.21. The van der Waals surface area contributed by atoms with Crippen LogP contribution in [0.15, 0.2) is 49.1 Å². The van der Waals surface area contributed by atoms with Crippen molar-refractivity contribution in [3.8, 4) is 11.4 Å². The molecule has 0 amide bonds. The fourth-order valence-corrected chi connectivity index (χ4v) is 5.45. The van der Waals surface area contributed by atoms with E-state index in [0.29, 0.717) is 29.9 Å². The van der Waals surface area contributed by atoms with Gasteiger partial charge in [0.1, 0.15) is 11.6 Å². The minimum absolute atomic E-state index is 0.0537. The standard InChI is InChI=1S/C25H30N8O2S/c1-15(2)18-6-7-21(33-14-22(16(33)3)32(4)36(5,34)35)20-13-27-24(10-19(18)20)30-23-8-9-26-25(31-23)17-11-28-29-12-17/h6-13,15-16,22H,14H2,1-5H3,(H,28,29)(H,26,27,30,31)/t16-,22+/m1/s1. The van der Waals surface area contributed by atoms with Gasteiger partial charge in [-0.25, -0.2) is 23.4 Å². The van der Waals surface area contributed by atoms with Crippen molar-refractivity contribution in [3.05, 3.63) is 54.6 Å². The first-order valence-corrected chi connectivity index (χ1v) is 13.7. The number of benzene rings is 1. The molecular weight excluding hydrogens is 476 g/mol. The SMILES string of the molecule is CC(C)c1ccc(N2C[C@H](N(C)S(C)(=O)=O)[C@H]2C)c2cnc(Nc3ccnc(-c4cn[nH]c4)n3)cc12. The van der Waals surface area contributed by atoms with Crippen molar-refractivity contribution >= 4 is 38.1 Å². The molecule has 36 heavy (non-hydrogen) atoms. The fourth-order valence-electron chi connectivity index (χ4n) is 4.71. The predicted molar refractivity (Wildman–Crippen MR) is 142 cm³/mol. The van der Waals surface area contributed by atoms with Gasteiger partial charge in [-0.1, -0.05) is 19.9 Å². The highest BCUT2D eigenvalue weighted by Gasteiger charge is 2.41. The van der Waals surface area contributed by atoms with E-state index in [1.165, 1.54) is 16.1 Å². The van der Waals surface area contributed by atoms with Crippen molar-refractivity contribution in [2.75, 3.05) is 30.1 Å². The molecule has 10 nitrogen and oxygen atoms in total. The van der Waals surface area contributed by atoms with Crippen LogP contribution in [-0.2, 0) is 10.0 Å². The summed E-state index contributed by atoms with van der Waals surface area (Å²) in [6.07, 6.45) is 8.27. The second-order valence-corrected chi connectivity index (χ2v) is 11.6. The zero-order valence-corrected chi connectivity index (χ0v) is 21.8. The molecule has 2 N–H and O–H groups in total. The third kappa shape index (κ3) is 4.40. The van der Waals surface area contributed by atoms with Crippen LogP contribution in [0.2, 0.25) is 0 Å². The molecule has 1 aliphatic rings. The van der Waals surface area contributed by atoms with E-state index in [1.54, 1.807) is 31.7 Å². The van der Waals surface area contributed by atoms with Crippen LogP contribution in [0.5, 0.6) is 0 Å². The Kier molecular flexibility index (Phi) is 6.13. The summed E-state index contributed by atoms with van der Waals surface area (Å²) in [5, 5.41) is 12.2. The first kappa shape index (κ1) is 24.1. The Balaban J connectivity index is 1.47. The number of nitrogens with zero attached hydrogens (tertiary/aromatic N) is 6. The monoisotopic (exact) mass is 506 g/mol. The minimum Gasteiger partial charge on any atom is -0.365 e. The minimum atomic E-state index is -3.24. The molecule has 2 atom stereocenters. The number of hydrogen-bond donors (Lipinski definition) is 2. The molecule has 0 radical (unpaired) electrons. The summed E-state index contributed by atoms with van der Waals surface area (Å²) in [6.45, 7) is 7.05. The van der Waals surface area contributed by atoms with Crippen LogP contribution >= 0.6 is 0 Å². The molecule has 0 unspecified atom stereocenters. The van der Waals surface area contributed by atoms with Crippen LogP contribution < -0.4 is 10.2 Å². The Morgan fingerprint density at radius 3 is 2.61 bits per heavy atom. The highest BCUT2D eigenvalue weighted by molar-refractivity contribution is 7.88. The summed E-state index contributed by atoms with van der Waals surface area (Å²) < 4.78 is 25.5. The van der Waals surface area contributed by atoms with E-state index in [1.807, 2.05) is 6.20 Å². The number of H-pyrrole nitrogens is 1. The zero-order valence-electron chi connectivity index (χ0n) is 21.0. The molecule has 0 saturated carbocycles. The summed E-state index contributed by atoms with van der Waals surface area (Å²) >= 11 is 0. The fraction of sp³-hybridized carbons (Fsp3) is 0.360. The predicted octanol–water partition coefficient (Wildman–Crippen LogP) is 3.75. The number of fused-ring (bicyclic) bond motifs is 1. The Hall–Kier alpha value is -3.57. The molecule has 0 spiro atoms. The van der Waals surface area contributed by atoms with Crippen LogP contribution in [0.1, 0.15) is 32.3 Å². The number of nitrogens with one attached hydrogen (secondary N) is 2. The number of anilines is 3. The lowest BCUT2D eigenvalue weighted by atomic mass is 9.92. The normalized spacial score (nSPS) is 18.1. The van der Waals surface area contributed by atoms with Crippen molar-refractivity contribution in [2.45, 2.75) is 38.8 Å². The first-order chi connectivity index (χ1) is 17.1. The summed E-state index contributed by atoms with van der Waals surface area (Å²) in [6, 6.07) is 8.14. The maximum atomic E-state index is 12.0. The maximum Gasteiger partial charge on any atom is 0.211 e. The van der Waals surface area contributed by atoms with E-state index in [9.17, 15) is 8.42 Å². The number of sulfonamides is 1. The Morgan fingerprint density at radius 2 is 1.94 bits per heavy atom. The third-order valence-electron chi connectivity index (χ3n) is 6.93. The molecular formula is C25H30N8O2S. The second kappa shape index (κ2) is 9.14. The molecule has 188 valence electrons. The Morgan fingerprint density at radius 1 is 1.14 bits per heavy atom. The van der Waals surface area contributed by atoms with E-state index >= 15 is 0 Å². The largest absolute Gasteiger partial charge is 0.365 e. The lowest BCUT2D eigenvalue weighted by Gasteiger charge is -2.51. The molecule has 5 rings (SSSR count). The van der Waals surface area contributed by atoms with Gasteiger partial charge in [-0.3, -0.25) is 5.10 Å². The molecule has 11 heteroatoms. The summed E-state index contributed by atoms with van der Waals surface area (Å²) in [7, 11) is -1.59. The van der Waals surface area contributed by atoms with Crippen molar-refractivity contribution in [3.63, 3.8) is 0 Å². The van der Waals surface area contributed by atoms with Gasteiger partial charge < -0.3 is 10.2 Å². The number of pyridine rings is 1. The molecule has 4 heterocycles. The van der Waals surface area contributed by atoms with Crippen LogP contribution in [-0.4, -0.2) is 69.8 Å². The van der Waals surface area contributed by atoms with E-state index in [-0.39, 0.29) is 12.1 Å². The lowest BCUT2D eigenvalue weighted by Crippen LogP contribution is -2.65. The van der Waals surface area contributed by atoms with Gasteiger partial charge in [-0.05, 0) is 42.0 Å². The van der Waals surface area contributed by atoms with Crippen LogP contribution in [0.3, 0.4) is 0 Å². The maximum absolute atomic E-state index is 12.0. The summed E-state index contributed by atoms with van der Waals surface area (Å²) in [5.41, 5.74) is 3.09. The van der Waals surface area contributed by atoms with Crippen LogP contribution in [0, 0.1) is 0 Å². The number of likely N-dealkylation sites (N-methyl/N-ethyl adjacent to an activating group) is 1. The number of hydrogen-bond acceptors (Lipinski definition) is 8. The molecule has 1 fully saturated rings. The molecule has 0 bridgehead atoms. The van der Waals surface area contributed by atoms with Gasteiger partial charge in [-0.2, -0.15) is 9.40 Å². The van der Waals surface area contributed by atoms with E-state index in [2.05, 4.69) is 69.4 Å². The van der Waals surface area contributed by atoms with E-state index in [0.717, 1.165) is 22.0 Å². The number of aromatic amines is 1. The van der Waals surface area contributed by atoms with Gasteiger partial charge in [0.15, 0.2) is 5.82 Å². The van der Waals surface area contributed by atoms with Gasteiger partial charge >= 0.3 is 0 Å². The molecule has 0 aliphatic carbocycles. The highest BCUT2D eigenvalue weighted by atomic mass is 32.2. The van der Waals surface area contributed by atoms with Crippen LogP contribution in [0.25, 0.3) is 22.2 Å². The van der Waals surface area contributed by atoms with Gasteiger partial charge in [0, 0.05) is 49.3 Å². The Bertz CT molecular complexity index is 1500. The molecule has 1 saturated heterocycles. The topological polar surface area (TPSA) is 120 Å².